The number of amides is 1. The summed E-state index contributed by atoms with van der Waals surface area (Å²) < 4.78 is 38.5. The second-order valence-corrected chi connectivity index (χ2v) is 9.24. The number of likely N-dealkylation sites (N-methyl/N-ethyl adjacent to an activating group) is 1. The minimum Gasteiger partial charge on any atom is -0.337 e. The first kappa shape index (κ1) is 22.0. The second-order valence-electron chi connectivity index (χ2n) is 7.13. The number of hydrogen-bond donors (Lipinski definition) is 0. The van der Waals surface area contributed by atoms with Crippen LogP contribution in [-0.2, 0) is 21.2 Å². The molecular formula is C21H27FN2O3S. The quantitative estimate of drug-likeness (QED) is 0.643. The molecule has 0 saturated carbocycles. The number of rotatable bonds is 9. The first-order valence-corrected chi connectivity index (χ1v) is 10.8. The fourth-order valence-electron chi connectivity index (χ4n) is 2.71. The van der Waals surface area contributed by atoms with Gasteiger partial charge in [-0.1, -0.05) is 29.8 Å². The van der Waals surface area contributed by atoms with Gasteiger partial charge in [-0.25, -0.2) is 12.8 Å². The van der Waals surface area contributed by atoms with E-state index in [9.17, 15) is 17.6 Å². The lowest BCUT2D eigenvalue weighted by atomic mass is 10.2. The van der Waals surface area contributed by atoms with E-state index >= 15 is 0 Å². The van der Waals surface area contributed by atoms with Crippen molar-refractivity contribution in [3.8, 4) is 0 Å². The van der Waals surface area contributed by atoms with Crippen molar-refractivity contribution < 1.29 is 17.6 Å². The molecule has 5 nitrogen and oxygen atoms in total. The van der Waals surface area contributed by atoms with Gasteiger partial charge in [-0.2, -0.15) is 0 Å². The van der Waals surface area contributed by atoms with E-state index in [2.05, 4.69) is 0 Å². The molecule has 0 bridgehead atoms. The lowest BCUT2D eigenvalue weighted by molar-refractivity contribution is -0.131. The number of hydrogen-bond acceptors (Lipinski definition) is 4. The van der Waals surface area contributed by atoms with Crippen molar-refractivity contribution in [1.29, 1.82) is 0 Å². The third-order valence-electron chi connectivity index (χ3n) is 4.40. The zero-order valence-corrected chi connectivity index (χ0v) is 17.4. The molecule has 0 N–H and O–H groups in total. The van der Waals surface area contributed by atoms with Crippen LogP contribution in [0.15, 0.2) is 53.4 Å². The number of halogens is 1. The molecule has 0 fully saturated rings. The van der Waals surface area contributed by atoms with Crippen molar-refractivity contribution in [2.24, 2.45) is 0 Å². The van der Waals surface area contributed by atoms with E-state index < -0.39 is 9.84 Å². The van der Waals surface area contributed by atoms with Crippen molar-refractivity contribution >= 4 is 15.7 Å². The highest BCUT2D eigenvalue weighted by molar-refractivity contribution is 7.91. The van der Waals surface area contributed by atoms with E-state index in [-0.39, 0.29) is 35.3 Å². The Balaban J connectivity index is 2.07. The zero-order chi connectivity index (χ0) is 20.7. The summed E-state index contributed by atoms with van der Waals surface area (Å²) in [5.41, 5.74) is 1.65. The first-order valence-electron chi connectivity index (χ1n) is 9.14. The molecule has 0 unspecified atom stereocenters. The van der Waals surface area contributed by atoms with E-state index in [4.69, 9.17) is 0 Å². The molecule has 7 heteroatoms. The molecule has 1 amide bonds. The molecule has 0 heterocycles. The molecule has 2 aromatic carbocycles. The van der Waals surface area contributed by atoms with Gasteiger partial charge in [-0.15, -0.1) is 0 Å². The maximum Gasteiger partial charge on any atom is 0.223 e. The topological polar surface area (TPSA) is 57.7 Å². The van der Waals surface area contributed by atoms with Crippen LogP contribution >= 0.6 is 0 Å². The van der Waals surface area contributed by atoms with Crippen LogP contribution in [0.2, 0.25) is 0 Å². The minimum absolute atomic E-state index is 0.112. The zero-order valence-electron chi connectivity index (χ0n) is 16.6. The number of sulfone groups is 1. The van der Waals surface area contributed by atoms with Crippen LogP contribution in [0.4, 0.5) is 4.39 Å². The summed E-state index contributed by atoms with van der Waals surface area (Å²) >= 11 is 0. The van der Waals surface area contributed by atoms with Gasteiger partial charge in [0.25, 0.3) is 0 Å². The van der Waals surface area contributed by atoms with Crippen LogP contribution < -0.4 is 0 Å². The van der Waals surface area contributed by atoms with Crippen LogP contribution in [0.3, 0.4) is 0 Å². The lowest BCUT2D eigenvalue weighted by Gasteiger charge is -2.24. The Bertz CT molecular complexity index is 896. The summed E-state index contributed by atoms with van der Waals surface area (Å²) in [5.74, 6) is -0.877. The smallest absolute Gasteiger partial charge is 0.223 e. The Hall–Kier alpha value is -2.25. The van der Waals surface area contributed by atoms with Gasteiger partial charge in [-0.3, -0.25) is 4.79 Å². The Morgan fingerprint density at radius 1 is 1.04 bits per heavy atom. The maximum absolute atomic E-state index is 13.5. The van der Waals surface area contributed by atoms with E-state index in [0.29, 0.717) is 18.7 Å². The summed E-state index contributed by atoms with van der Waals surface area (Å²) in [6.07, 6.45) is -0.112. The molecule has 2 rings (SSSR count). The molecule has 152 valence electrons. The third-order valence-corrected chi connectivity index (χ3v) is 6.13. The Labute approximate surface area is 166 Å². The molecule has 0 saturated heterocycles. The highest BCUT2D eigenvalue weighted by Gasteiger charge is 2.20. The number of carbonyl (C=O) groups is 1. The van der Waals surface area contributed by atoms with Gasteiger partial charge >= 0.3 is 0 Å². The molecule has 28 heavy (non-hydrogen) atoms. The van der Waals surface area contributed by atoms with Gasteiger partial charge in [0, 0.05) is 26.1 Å². The van der Waals surface area contributed by atoms with Crippen molar-refractivity contribution in [2.75, 3.05) is 32.9 Å². The fourth-order valence-corrected chi connectivity index (χ4v) is 3.94. The molecule has 0 aliphatic heterocycles. The highest BCUT2D eigenvalue weighted by atomic mass is 32.2. The second kappa shape index (κ2) is 9.80. The van der Waals surface area contributed by atoms with E-state index in [0.717, 1.165) is 5.56 Å². The first-order chi connectivity index (χ1) is 13.2. The molecule has 0 spiro atoms. The number of benzene rings is 2. The van der Waals surface area contributed by atoms with Crippen LogP contribution in [0.25, 0.3) is 0 Å². The molecule has 2 aromatic rings. The predicted molar refractivity (Wildman–Crippen MR) is 108 cm³/mol. The Kier molecular flexibility index (Phi) is 7.71. The lowest BCUT2D eigenvalue weighted by Crippen LogP contribution is -2.37. The highest BCUT2D eigenvalue weighted by Crippen LogP contribution is 2.15. The van der Waals surface area contributed by atoms with Gasteiger partial charge in [-0.05, 0) is 50.8 Å². The van der Waals surface area contributed by atoms with Gasteiger partial charge in [0.2, 0.25) is 5.91 Å². The van der Waals surface area contributed by atoms with Gasteiger partial charge in [0.1, 0.15) is 5.82 Å². The van der Waals surface area contributed by atoms with E-state index in [1.54, 1.807) is 41.3 Å². The average Bonchev–Trinajstić information content (AvgIpc) is 2.63. The number of carbonyl (C=O) groups excluding carboxylic acids is 1. The summed E-state index contributed by atoms with van der Waals surface area (Å²) in [4.78, 5) is 16.5. The summed E-state index contributed by atoms with van der Waals surface area (Å²) in [6.45, 7) is 3.20. The summed E-state index contributed by atoms with van der Waals surface area (Å²) in [7, 11) is 0.257. The van der Waals surface area contributed by atoms with Crippen molar-refractivity contribution in [3.63, 3.8) is 0 Å². The monoisotopic (exact) mass is 406 g/mol. The molecule has 0 atom stereocenters. The molecule has 0 aliphatic carbocycles. The Morgan fingerprint density at radius 2 is 1.71 bits per heavy atom. The van der Waals surface area contributed by atoms with Crippen molar-refractivity contribution in [1.82, 2.24) is 9.80 Å². The SMILES string of the molecule is Cc1ccc(S(=O)(=O)CCC(=O)N(CCN(C)C)Cc2cccc(F)c2)cc1. The van der Waals surface area contributed by atoms with Crippen LogP contribution in [0.1, 0.15) is 17.5 Å². The number of aryl methyl sites for hydroxylation is 1. The summed E-state index contributed by atoms with van der Waals surface area (Å²) in [6, 6.07) is 12.7. The molecular weight excluding hydrogens is 379 g/mol. The van der Waals surface area contributed by atoms with E-state index in [1.165, 1.54) is 12.1 Å². The van der Waals surface area contributed by atoms with Gasteiger partial charge < -0.3 is 9.80 Å². The molecule has 0 radical (unpaired) electrons. The standard InChI is InChI=1S/C21H27FN2O3S/c1-17-7-9-20(10-8-17)28(26,27)14-11-21(25)24(13-12-23(2)3)16-18-5-4-6-19(22)15-18/h4-10,15H,11-14,16H2,1-3H3. The maximum atomic E-state index is 13.5. The largest absolute Gasteiger partial charge is 0.337 e. The van der Waals surface area contributed by atoms with Crippen LogP contribution in [-0.4, -0.2) is 57.1 Å². The van der Waals surface area contributed by atoms with Gasteiger partial charge in [0.15, 0.2) is 9.84 Å². The number of nitrogens with zero attached hydrogens (tertiary/aromatic N) is 2. The molecule has 0 aromatic heterocycles. The van der Waals surface area contributed by atoms with Gasteiger partial charge in [0.05, 0.1) is 10.6 Å². The molecule has 0 aliphatic rings. The normalized spacial score (nSPS) is 11.6. The average molecular weight is 407 g/mol. The predicted octanol–water partition coefficient (Wildman–Crippen LogP) is 2.89. The fraction of sp³-hybridized carbons (Fsp3) is 0.381. The van der Waals surface area contributed by atoms with Crippen LogP contribution in [0.5, 0.6) is 0 Å². The Morgan fingerprint density at radius 3 is 2.32 bits per heavy atom. The van der Waals surface area contributed by atoms with Crippen molar-refractivity contribution in [2.45, 2.75) is 24.8 Å². The van der Waals surface area contributed by atoms with Crippen molar-refractivity contribution in [3.05, 3.63) is 65.5 Å². The van der Waals surface area contributed by atoms with Crippen LogP contribution in [0, 0.1) is 12.7 Å². The van der Waals surface area contributed by atoms with E-state index in [1.807, 2.05) is 25.9 Å². The third kappa shape index (κ3) is 6.73. The minimum atomic E-state index is -3.53. The summed E-state index contributed by atoms with van der Waals surface area (Å²) in [5, 5.41) is 0.